The van der Waals surface area contributed by atoms with Gasteiger partial charge in [0, 0.05) is 7.05 Å². The Kier molecular flexibility index (Phi) is 1.43. The molecule has 0 aromatic carbocycles. The second-order valence-electron chi connectivity index (χ2n) is 2.49. The molecule has 0 unspecified atom stereocenters. The van der Waals surface area contributed by atoms with Gasteiger partial charge in [-0.05, 0) is 6.92 Å². The van der Waals surface area contributed by atoms with Gasteiger partial charge in [0.05, 0.1) is 11.9 Å². The van der Waals surface area contributed by atoms with E-state index in [4.69, 9.17) is 0 Å². The Morgan fingerprint density at radius 1 is 1.42 bits per heavy atom. The van der Waals surface area contributed by atoms with Gasteiger partial charge in [-0.1, -0.05) is 0 Å². The summed E-state index contributed by atoms with van der Waals surface area (Å²) in [6.45, 7) is 1.95. The largest absolute Gasteiger partial charge is 0.370 e. The molecule has 0 spiro atoms. The summed E-state index contributed by atoms with van der Waals surface area (Å²) in [6.07, 6.45) is 3.28. The van der Waals surface area contributed by atoms with Crippen molar-refractivity contribution in [2.24, 2.45) is 0 Å². The average Bonchev–Trinajstić information content (AvgIpc) is 2.48. The second kappa shape index (κ2) is 2.44. The summed E-state index contributed by atoms with van der Waals surface area (Å²) in [6, 6.07) is 0. The minimum absolute atomic E-state index is 0.748. The highest BCUT2D eigenvalue weighted by Crippen LogP contribution is 2.10. The Bertz CT molecular complexity index is 405. The Morgan fingerprint density at radius 2 is 2.25 bits per heavy atom. The fourth-order valence-corrected chi connectivity index (χ4v) is 1.11. The topological polar surface area (TPSA) is 55.1 Å². The molecule has 2 aromatic heterocycles. The number of aryl methyl sites for hydroxylation is 1. The fraction of sp³-hybridized carbons (Fsp3) is 0.286. The maximum absolute atomic E-state index is 4.16. The van der Waals surface area contributed by atoms with E-state index in [1.165, 1.54) is 6.33 Å². The number of hydrogen-bond acceptors (Lipinski definition) is 4. The van der Waals surface area contributed by atoms with Gasteiger partial charge in [0.2, 0.25) is 0 Å². The third-order valence-electron chi connectivity index (χ3n) is 1.71. The smallest absolute Gasteiger partial charge is 0.196 e. The van der Waals surface area contributed by atoms with Crippen LogP contribution in [-0.4, -0.2) is 26.6 Å². The lowest BCUT2D eigenvalue weighted by Crippen LogP contribution is -2.00. The molecule has 0 aliphatic rings. The van der Waals surface area contributed by atoms with E-state index >= 15 is 0 Å². The maximum atomic E-state index is 4.16. The lowest BCUT2D eigenvalue weighted by atomic mass is 10.6. The highest BCUT2D eigenvalue weighted by Gasteiger charge is 2.04. The van der Waals surface area contributed by atoms with E-state index in [0.29, 0.717) is 0 Å². The van der Waals surface area contributed by atoms with Crippen molar-refractivity contribution < 1.29 is 0 Å². The molecule has 0 fully saturated rings. The zero-order chi connectivity index (χ0) is 8.55. The molecular weight excluding hydrogens is 154 g/mol. The third kappa shape index (κ3) is 0.827. The predicted octanol–water partition coefficient (Wildman–Crippen LogP) is 0.474. The number of hydrogen-bond donors (Lipinski definition) is 1. The van der Waals surface area contributed by atoms with Gasteiger partial charge in [-0.3, -0.25) is 0 Å². The van der Waals surface area contributed by atoms with Gasteiger partial charge in [0.25, 0.3) is 0 Å². The van der Waals surface area contributed by atoms with Crippen molar-refractivity contribution in [1.29, 1.82) is 0 Å². The summed E-state index contributed by atoms with van der Waals surface area (Å²) in [5.74, 6) is 0.748. The van der Waals surface area contributed by atoms with Crippen LogP contribution in [-0.2, 0) is 0 Å². The number of nitrogens with one attached hydrogen (secondary N) is 1. The molecule has 62 valence electrons. The number of nitrogens with zero attached hydrogens (tertiary/aromatic N) is 4. The van der Waals surface area contributed by atoms with Crippen molar-refractivity contribution in [3.05, 3.63) is 18.2 Å². The van der Waals surface area contributed by atoms with E-state index in [9.17, 15) is 0 Å². The number of imidazole rings is 1. The third-order valence-corrected chi connectivity index (χ3v) is 1.71. The first kappa shape index (κ1) is 7.02. The summed E-state index contributed by atoms with van der Waals surface area (Å²) in [5.41, 5.74) is 1.77. The van der Waals surface area contributed by atoms with Gasteiger partial charge in [-0.15, -0.1) is 0 Å². The zero-order valence-electron chi connectivity index (χ0n) is 6.94. The Hall–Kier alpha value is -1.65. The van der Waals surface area contributed by atoms with Crippen LogP contribution in [0, 0.1) is 6.92 Å². The maximum Gasteiger partial charge on any atom is 0.196 e. The quantitative estimate of drug-likeness (QED) is 0.664. The van der Waals surface area contributed by atoms with Crippen molar-refractivity contribution in [1.82, 2.24) is 19.6 Å². The number of rotatable bonds is 1. The predicted molar refractivity (Wildman–Crippen MR) is 45.1 cm³/mol. The lowest BCUT2D eigenvalue weighted by Gasteiger charge is -1.99. The number of fused-ring (bicyclic) bond motifs is 1. The summed E-state index contributed by atoms with van der Waals surface area (Å²) < 4.78 is 1.75. The van der Waals surface area contributed by atoms with Crippen LogP contribution < -0.4 is 5.32 Å². The van der Waals surface area contributed by atoms with Crippen LogP contribution in [0.3, 0.4) is 0 Å². The highest BCUT2D eigenvalue weighted by atomic mass is 15.3. The summed E-state index contributed by atoms with van der Waals surface area (Å²) in [5, 5.41) is 7.00. The molecule has 12 heavy (non-hydrogen) atoms. The minimum Gasteiger partial charge on any atom is -0.370 e. The summed E-state index contributed by atoms with van der Waals surface area (Å²) in [4.78, 5) is 8.20. The van der Waals surface area contributed by atoms with Crippen molar-refractivity contribution in [3.63, 3.8) is 0 Å². The normalized spacial score (nSPS) is 10.5. The van der Waals surface area contributed by atoms with Crippen LogP contribution in [0.1, 0.15) is 5.69 Å². The molecular formula is C7H9N5. The Balaban J connectivity index is 2.81. The van der Waals surface area contributed by atoms with Crippen LogP contribution >= 0.6 is 0 Å². The van der Waals surface area contributed by atoms with E-state index in [1.807, 2.05) is 14.0 Å². The zero-order valence-corrected chi connectivity index (χ0v) is 6.94. The first-order valence-corrected chi connectivity index (χ1v) is 3.66. The molecule has 5 nitrogen and oxygen atoms in total. The number of anilines is 1. The molecule has 0 saturated carbocycles. The molecule has 0 radical (unpaired) electrons. The van der Waals surface area contributed by atoms with Gasteiger partial charge < -0.3 is 5.32 Å². The van der Waals surface area contributed by atoms with Crippen LogP contribution in [0.4, 0.5) is 5.82 Å². The molecule has 0 saturated heterocycles. The van der Waals surface area contributed by atoms with Crippen LogP contribution in [0.5, 0.6) is 0 Å². The molecule has 5 heteroatoms. The molecule has 2 heterocycles. The van der Waals surface area contributed by atoms with Gasteiger partial charge in [0.1, 0.15) is 6.33 Å². The van der Waals surface area contributed by atoms with Crippen LogP contribution in [0.15, 0.2) is 12.5 Å². The van der Waals surface area contributed by atoms with Gasteiger partial charge in [-0.25, -0.2) is 14.5 Å². The van der Waals surface area contributed by atoms with Gasteiger partial charge in [0.15, 0.2) is 11.5 Å². The lowest BCUT2D eigenvalue weighted by molar-refractivity contribution is 0.870. The molecule has 1 N–H and O–H groups in total. The average molecular weight is 163 g/mol. The van der Waals surface area contributed by atoms with Crippen molar-refractivity contribution >= 4 is 11.5 Å². The summed E-state index contributed by atoms with van der Waals surface area (Å²) >= 11 is 0. The standard InChI is InChI=1S/C7H9N5/c1-5-3-9-7-6(8-2)10-4-11-12(5)7/h3-4H,1-2H3,(H,8,10,11). The van der Waals surface area contributed by atoms with Gasteiger partial charge >= 0.3 is 0 Å². The van der Waals surface area contributed by atoms with Crippen molar-refractivity contribution in [2.45, 2.75) is 6.92 Å². The van der Waals surface area contributed by atoms with E-state index in [2.05, 4.69) is 20.4 Å². The molecule has 0 atom stereocenters. The van der Waals surface area contributed by atoms with E-state index in [1.54, 1.807) is 10.7 Å². The van der Waals surface area contributed by atoms with Crippen molar-refractivity contribution in [2.75, 3.05) is 12.4 Å². The van der Waals surface area contributed by atoms with Crippen LogP contribution in [0.25, 0.3) is 5.65 Å². The Morgan fingerprint density at radius 3 is 3.00 bits per heavy atom. The second-order valence-corrected chi connectivity index (χ2v) is 2.49. The molecule has 0 bridgehead atoms. The first-order chi connectivity index (χ1) is 5.83. The van der Waals surface area contributed by atoms with E-state index < -0.39 is 0 Å². The van der Waals surface area contributed by atoms with Crippen molar-refractivity contribution in [3.8, 4) is 0 Å². The van der Waals surface area contributed by atoms with Gasteiger partial charge in [-0.2, -0.15) is 5.10 Å². The van der Waals surface area contributed by atoms with Crippen LogP contribution in [0.2, 0.25) is 0 Å². The Labute approximate surface area is 69.5 Å². The minimum atomic E-state index is 0.748. The van der Waals surface area contributed by atoms with E-state index in [-0.39, 0.29) is 0 Å². The molecule has 0 aliphatic heterocycles. The number of aromatic nitrogens is 4. The first-order valence-electron chi connectivity index (χ1n) is 3.66. The van der Waals surface area contributed by atoms with E-state index in [0.717, 1.165) is 17.2 Å². The molecule has 2 aromatic rings. The molecule has 0 amide bonds. The monoisotopic (exact) mass is 163 g/mol. The molecule has 2 rings (SSSR count). The highest BCUT2D eigenvalue weighted by molar-refractivity contribution is 5.61. The SMILES string of the molecule is CNc1ncnn2c(C)cnc12. The fourth-order valence-electron chi connectivity index (χ4n) is 1.11. The summed E-state index contributed by atoms with van der Waals surface area (Å²) in [7, 11) is 1.81. The molecule has 0 aliphatic carbocycles.